The van der Waals surface area contributed by atoms with Crippen molar-refractivity contribution in [2.45, 2.75) is 46.0 Å². The first-order valence-corrected chi connectivity index (χ1v) is 6.43. The van der Waals surface area contributed by atoms with Gasteiger partial charge in [-0.2, -0.15) is 5.10 Å². The molecule has 0 saturated heterocycles. The summed E-state index contributed by atoms with van der Waals surface area (Å²) < 4.78 is 7.19. The third-order valence-electron chi connectivity index (χ3n) is 2.80. The van der Waals surface area contributed by atoms with Crippen molar-refractivity contribution in [3.05, 3.63) is 27.9 Å². The zero-order chi connectivity index (χ0) is 14.8. The van der Waals surface area contributed by atoms with Crippen LogP contribution in [0.5, 0.6) is 0 Å². The monoisotopic (exact) mass is 278 g/mol. The van der Waals surface area contributed by atoms with E-state index in [0.29, 0.717) is 25.3 Å². The normalized spacial score (nSPS) is 14.4. The molecule has 0 radical (unpaired) electrons. The van der Waals surface area contributed by atoms with Crippen LogP contribution in [0.4, 0.5) is 4.79 Å². The SMILES string of the molecule is CC(C)(C)OC(=O)N1CCn2nc(CN=[N+]=[N-])cc2C1. The minimum atomic E-state index is -0.499. The van der Waals surface area contributed by atoms with E-state index in [0.717, 1.165) is 5.69 Å². The highest BCUT2D eigenvalue weighted by atomic mass is 16.6. The highest BCUT2D eigenvalue weighted by Crippen LogP contribution is 2.17. The van der Waals surface area contributed by atoms with E-state index in [-0.39, 0.29) is 12.6 Å². The molecule has 0 saturated carbocycles. The second-order valence-electron chi connectivity index (χ2n) is 5.64. The van der Waals surface area contributed by atoms with Crippen molar-refractivity contribution in [3.8, 4) is 0 Å². The van der Waals surface area contributed by atoms with Gasteiger partial charge in [0.05, 0.1) is 31.0 Å². The van der Waals surface area contributed by atoms with Crippen molar-refractivity contribution >= 4 is 6.09 Å². The van der Waals surface area contributed by atoms with Gasteiger partial charge in [0.2, 0.25) is 0 Å². The van der Waals surface area contributed by atoms with E-state index in [1.54, 1.807) is 4.90 Å². The Morgan fingerprint density at radius 3 is 2.95 bits per heavy atom. The second kappa shape index (κ2) is 5.42. The van der Waals surface area contributed by atoms with Gasteiger partial charge in [-0.3, -0.25) is 4.68 Å². The van der Waals surface area contributed by atoms with Crippen LogP contribution in [0.3, 0.4) is 0 Å². The zero-order valence-corrected chi connectivity index (χ0v) is 11.9. The lowest BCUT2D eigenvalue weighted by Gasteiger charge is -2.30. The topological polar surface area (TPSA) is 96.1 Å². The first kappa shape index (κ1) is 14.2. The van der Waals surface area contributed by atoms with Gasteiger partial charge >= 0.3 is 6.09 Å². The van der Waals surface area contributed by atoms with Crippen LogP contribution < -0.4 is 0 Å². The van der Waals surface area contributed by atoms with Gasteiger partial charge in [-0.05, 0) is 32.4 Å². The van der Waals surface area contributed by atoms with Crippen molar-refractivity contribution in [1.82, 2.24) is 14.7 Å². The predicted molar refractivity (Wildman–Crippen MR) is 71.7 cm³/mol. The molecule has 0 bridgehead atoms. The summed E-state index contributed by atoms with van der Waals surface area (Å²) in [5.74, 6) is 0. The quantitative estimate of drug-likeness (QED) is 0.472. The van der Waals surface area contributed by atoms with Crippen LogP contribution in [-0.2, 0) is 24.4 Å². The summed E-state index contributed by atoms with van der Waals surface area (Å²) in [6.07, 6.45) is -0.318. The number of aromatic nitrogens is 2. The molecule has 8 heteroatoms. The van der Waals surface area contributed by atoms with E-state index in [4.69, 9.17) is 10.3 Å². The average Bonchev–Trinajstić information content (AvgIpc) is 2.75. The summed E-state index contributed by atoms with van der Waals surface area (Å²) in [4.78, 5) is 16.4. The van der Waals surface area contributed by atoms with Crippen molar-refractivity contribution in [2.75, 3.05) is 6.54 Å². The van der Waals surface area contributed by atoms with Gasteiger partial charge in [-0.1, -0.05) is 5.11 Å². The van der Waals surface area contributed by atoms with E-state index < -0.39 is 5.60 Å². The highest BCUT2D eigenvalue weighted by Gasteiger charge is 2.26. The molecule has 0 aliphatic carbocycles. The van der Waals surface area contributed by atoms with E-state index in [1.807, 2.05) is 31.5 Å². The number of nitrogens with zero attached hydrogens (tertiary/aromatic N) is 6. The third kappa shape index (κ3) is 3.42. The fourth-order valence-corrected chi connectivity index (χ4v) is 1.99. The fraction of sp³-hybridized carbons (Fsp3) is 0.667. The van der Waals surface area contributed by atoms with E-state index in [9.17, 15) is 4.79 Å². The van der Waals surface area contributed by atoms with Crippen LogP contribution >= 0.6 is 0 Å². The molecule has 20 heavy (non-hydrogen) atoms. The number of carbonyl (C=O) groups excluding carboxylic acids is 1. The van der Waals surface area contributed by atoms with Crippen LogP contribution in [-0.4, -0.2) is 32.9 Å². The lowest BCUT2D eigenvalue weighted by Crippen LogP contribution is -2.41. The summed E-state index contributed by atoms with van der Waals surface area (Å²) >= 11 is 0. The maximum absolute atomic E-state index is 12.0. The standard InChI is InChI=1S/C12H18N6O2/c1-12(2,3)20-11(19)17-4-5-18-10(8-17)6-9(15-18)7-14-16-13/h6H,4-5,7-8H2,1-3H3. The van der Waals surface area contributed by atoms with Crippen LogP contribution in [0.25, 0.3) is 10.4 Å². The predicted octanol–water partition coefficient (Wildman–Crippen LogP) is 2.44. The Morgan fingerprint density at radius 1 is 1.55 bits per heavy atom. The Bertz CT molecular complexity index is 553. The number of carbonyl (C=O) groups is 1. The van der Waals surface area contributed by atoms with Crippen LogP contribution in [0.1, 0.15) is 32.2 Å². The van der Waals surface area contributed by atoms with Crippen LogP contribution in [0.15, 0.2) is 11.2 Å². The molecule has 108 valence electrons. The van der Waals surface area contributed by atoms with Gasteiger partial charge in [0.1, 0.15) is 5.60 Å². The molecule has 1 aromatic rings. The summed E-state index contributed by atoms with van der Waals surface area (Å²) in [5, 5.41) is 7.82. The molecular formula is C12H18N6O2. The number of ether oxygens (including phenoxy) is 1. The number of amides is 1. The Balaban J connectivity index is 2.05. The van der Waals surface area contributed by atoms with Gasteiger partial charge in [-0.15, -0.1) is 0 Å². The molecule has 2 heterocycles. The molecule has 0 atom stereocenters. The molecule has 1 amide bonds. The molecule has 0 spiro atoms. The molecule has 1 aliphatic heterocycles. The van der Waals surface area contributed by atoms with Crippen LogP contribution in [0.2, 0.25) is 0 Å². The Morgan fingerprint density at radius 2 is 2.30 bits per heavy atom. The molecule has 0 aromatic carbocycles. The van der Waals surface area contributed by atoms with Gasteiger partial charge in [0.25, 0.3) is 0 Å². The molecule has 8 nitrogen and oxygen atoms in total. The summed E-state index contributed by atoms with van der Waals surface area (Å²) in [6.45, 7) is 7.39. The third-order valence-corrected chi connectivity index (χ3v) is 2.80. The second-order valence-corrected chi connectivity index (χ2v) is 5.64. The minimum absolute atomic E-state index is 0.225. The molecule has 1 aromatic heterocycles. The first-order chi connectivity index (χ1) is 9.39. The maximum Gasteiger partial charge on any atom is 0.410 e. The molecule has 0 unspecified atom stereocenters. The molecular weight excluding hydrogens is 260 g/mol. The first-order valence-electron chi connectivity index (χ1n) is 6.43. The summed E-state index contributed by atoms with van der Waals surface area (Å²) in [6, 6.07) is 1.85. The van der Waals surface area contributed by atoms with Crippen molar-refractivity contribution in [3.63, 3.8) is 0 Å². The summed E-state index contributed by atoms with van der Waals surface area (Å²) in [5.41, 5.74) is 9.44. The van der Waals surface area contributed by atoms with Gasteiger partial charge in [0, 0.05) is 11.5 Å². The lowest BCUT2D eigenvalue weighted by molar-refractivity contribution is 0.0194. The van der Waals surface area contributed by atoms with Crippen molar-refractivity contribution < 1.29 is 9.53 Å². The molecule has 2 rings (SSSR count). The van der Waals surface area contributed by atoms with E-state index in [2.05, 4.69) is 15.1 Å². The number of azide groups is 1. The Kier molecular flexibility index (Phi) is 3.85. The molecule has 0 N–H and O–H groups in total. The Hall–Kier alpha value is -2.21. The fourth-order valence-electron chi connectivity index (χ4n) is 1.99. The lowest BCUT2D eigenvalue weighted by atomic mass is 10.2. The van der Waals surface area contributed by atoms with Crippen LogP contribution in [0, 0.1) is 0 Å². The zero-order valence-electron chi connectivity index (χ0n) is 11.9. The van der Waals surface area contributed by atoms with Crippen molar-refractivity contribution in [2.24, 2.45) is 5.11 Å². The Labute approximate surface area is 116 Å². The van der Waals surface area contributed by atoms with Gasteiger partial charge < -0.3 is 9.64 Å². The summed E-state index contributed by atoms with van der Waals surface area (Å²) in [7, 11) is 0. The number of fused-ring (bicyclic) bond motifs is 1. The van der Waals surface area contributed by atoms with E-state index >= 15 is 0 Å². The maximum atomic E-state index is 12.0. The number of hydrogen-bond acceptors (Lipinski definition) is 4. The molecule has 1 aliphatic rings. The van der Waals surface area contributed by atoms with E-state index in [1.165, 1.54) is 0 Å². The number of rotatable bonds is 2. The largest absolute Gasteiger partial charge is 0.444 e. The minimum Gasteiger partial charge on any atom is -0.444 e. The van der Waals surface area contributed by atoms with Gasteiger partial charge in [-0.25, -0.2) is 4.79 Å². The van der Waals surface area contributed by atoms with Gasteiger partial charge in [0.15, 0.2) is 0 Å². The number of hydrogen-bond donors (Lipinski definition) is 0. The average molecular weight is 278 g/mol. The van der Waals surface area contributed by atoms with Crippen molar-refractivity contribution in [1.29, 1.82) is 0 Å². The smallest absolute Gasteiger partial charge is 0.410 e. The molecule has 0 fully saturated rings. The highest BCUT2D eigenvalue weighted by molar-refractivity contribution is 5.68.